The van der Waals surface area contributed by atoms with Gasteiger partial charge in [0.25, 0.3) is 0 Å². The maximum atomic E-state index is 12.1. The average Bonchev–Trinajstić information content (AvgIpc) is 3.51. The zero-order chi connectivity index (χ0) is 20.0. The SMILES string of the molecule is CO[C@@H]1[C@H](OC(=O)N(Cl)C(C)=O)CC[C@]2(CO2)[C@H]1[C@]1(C)O[C@H]1CCC(C)C. The standard InChI is InChI=1S/C19H30ClNO6/c1-11(2)6-7-14-18(4,27-14)16-15(24-5)13(8-9-19(16)10-25-19)26-17(23)21(20)12(3)22/h11,13-16H,6-10H2,1-5H3/t13-,14+,15-,16-,18-,19+/m1/s1. The van der Waals surface area contributed by atoms with E-state index in [1.807, 2.05) is 0 Å². The fourth-order valence-corrected chi connectivity index (χ4v) is 4.62. The van der Waals surface area contributed by atoms with Crippen LogP contribution in [0.3, 0.4) is 0 Å². The lowest BCUT2D eigenvalue weighted by Crippen LogP contribution is -2.56. The molecule has 2 aliphatic heterocycles. The number of halogens is 1. The number of ether oxygens (including phenoxy) is 4. The molecule has 7 nitrogen and oxygen atoms in total. The fraction of sp³-hybridized carbons (Fsp3) is 0.895. The van der Waals surface area contributed by atoms with Gasteiger partial charge < -0.3 is 18.9 Å². The van der Waals surface area contributed by atoms with Crippen LogP contribution >= 0.6 is 11.8 Å². The Morgan fingerprint density at radius 3 is 2.56 bits per heavy atom. The van der Waals surface area contributed by atoms with Gasteiger partial charge in [0, 0.05) is 25.8 Å². The second-order valence-corrected chi connectivity index (χ2v) is 8.89. The molecular weight excluding hydrogens is 374 g/mol. The molecule has 1 saturated carbocycles. The van der Waals surface area contributed by atoms with Crippen LogP contribution in [0.25, 0.3) is 0 Å². The van der Waals surface area contributed by atoms with Crippen molar-refractivity contribution in [3.8, 4) is 0 Å². The van der Waals surface area contributed by atoms with Crippen molar-refractivity contribution >= 4 is 23.8 Å². The number of nitrogens with zero attached hydrogens (tertiary/aromatic N) is 1. The van der Waals surface area contributed by atoms with E-state index in [4.69, 9.17) is 30.7 Å². The number of carbonyl (C=O) groups excluding carboxylic acids is 2. The second-order valence-electron chi connectivity index (χ2n) is 8.55. The number of methoxy groups -OCH3 is 1. The molecule has 2 amide bonds. The van der Waals surface area contributed by atoms with Gasteiger partial charge in [0.1, 0.15) is 23.4 Å². The Bertz CT molecular complexity index is 595. The summed E-state index contributed by atoms with van der Waals surface area (Å²) in [7, 11) is 1.61. The molecule has 3 aliphatic rings. The average molecular weight is 404 g/mol. The fourth-order valence-electron chi connectivity index (χ4n) is 4.58. The van der Waals surface area contributed by atoms with Crippen molar-refractivity contribution in [1.82, 2.24) is 4.42 Å². The number of amides is 2. The van der Waals surface area contributed by atoms with E-state index >= 15 is 0 Å². The number of carbonyl (C=O) groups is 2. The molecule has 0 radical (unpaired) electrons. The van der Waals surface area contributed by atoms with E-state index in [-0.39, 0.29) is 29.3 Å². The van der Waals surface area contributed by atoms with Crippen molar-refractivity contribution in [3.63, 3.8) is 0 Å². The highest BCUT2D eigenvalue weighted by Crippen LogP contribution is 2.59. The van der Waals surface area contributed by atoms with E-state index < -0.39 is 18.1 Å². The molecule has 0 N–H and O–H groups in total. The molecule has 0 aromatic carbocycles. The summed E-state index contributed by atoms with van der Waals surface area (Å²) in [5.41, 5.74) is -0.634. The van der Waals surface area contributed by atoms with Gasteiger partial charge in [-0.3, -0.25) is 4.79 Å². The normalized spacial score (nSPS) is 40.1. The molecule has 3 fully saturated rings. The van der Waals surface area contributed by atoms with Crippen molar-refractivity contribution < 1.29 is 28.5 Å². The first-order valence-corrected chi connectivity index (χ1v) is 10.00. The molecule has 8 heteroatoms. The largest absolute Gasteiger partial charge is 0.442 e. The number of rotatable bonds is 6. The predicted molar refractivity (Wildman–Crippen MR) is 98.2 cm³/mol. The van der Waals surface area contributed by atoms with Crippen molar-refractivity contribution in [2.45, 2.75) is 82.9 Å². The van der Waals surface area contributed by atoms with Crippen LogP contribution in [-0.4, -0.2) is 59.7 Å². The minimum atomic E-state index is -0.874. The Labute approximate surface area is 165 Å². The van der Waals surface area contributed by atoms with Crippen LogP contribution in [0, 0.1) is 11.8 Å². The van der Waals surface area contributed by atoms with Gasteiger partial charge in [-0.25, -0.2) is 4.79 Å². The molecule has 0 unspecified atom stereocenters. The number of imide groups is 1. The first-order chi connectivity index (χ1) is 12.6. The Kier molecular flexibility index (Phi) is 5.79. The van der Waals surface area contributed by atoms with Crippen LogP contribution in [0.2, 0.25) is 0 Å². The van der Waals surface area contributed by atoms with Crippen LogP contribution in [0.1, 0.15) is 53.4 Å². The van der Waals surface area contributed by atoms with Crippen molar-refractivity contribution in [3.05, 3.63) is 0 Å². The van der Waals surface area contributed by atoms with E-state index in [0.29, 0.717) is 23.4 Å². The third kappa shape index (κ3) is 3.97. The molecule has 27 heavy (non-hydrogen) atoms. The Hall–Kier alpha value is -0.890. The van der Waals surface area contributed by atoms with Crippen molar-refractivity contribution in [2.24, 2.45) is 11.8 Å². The number of epoxide rings is 2. The first kappa shape index (κ1) is 20.8. The summed E-state index contributed by atoms with van der Waals surface area (Å²) >= 11 is 5.70. The Morgan fingerprint density at radius 1 is 1.37 bits per heavy atom. The molecule has 2 heterocycles. The van der Waals surface area contributed by atoms with Crippen LogP contribution in [0.4, 0.5) is 4.79 Å². The molecule has 0 aromatic rings. The number of hydrogen-bond acceptors (Lipinski definition) is 6. The zero-order valence-corrected chi connectivity index (χ0v) is 17.5. The highest BCUT2D eigenvalue weighted by atomic mass is 35.5. The van der Waals surface area contributed by atoms with Crippen LogP contribution < -0.4 is 0 Å². The Balaban J connectivity index is 1.74. The third-order valence-electron chi connectivity index (χ3n) is 6.19. The molecule has 1 aliphatic carbocycles. The molecule has 0 aromatic heterocycles. The molecule has 2 saturated heterocycles. The lowest BCUT2D eigenvalue weighted by Gasteiger charge is -2.42. The monoisotopic (exact) mass is 403 g/mol. The summed E-state index contributed by atoms with van der Waals surface area (Å²) in [6, 6.07) is 0. The quantitative estimate of drug-likeness (QED) is 0.500. The third-order valence-corrected chi connectivity index (χ3v) is 6.57. The smallest absolute Gasteiger partial charge is 0.432 e. The Morgan fingerprint density at radius 2 is 2.04 bits per heavy atom. The first-order valence-electron chi connectivity index (χ1n) is 9.66. The van der Waals surface area contributed by atoms with E-state index in [9.17, 15) is 9.59 Å². The highest BCUT2D eigenvalue weighted by Gasteiger charge is 2.72. The summed E-state index contributed by atoms with van der Waals surface area (Å²) in [6.07, 6.45) is 1.83. The van der Waals surface area contributed by atoms with Gasteiger partial charge in [0.05, 0.1) is 18.6 Å². The topological polar surface area (TPSA) is 80.9 Å². The maximum Gasteiger partial charge on any atom is 0.432 e. The molecule has 1 spiro atoms. The van der Waals surface area contributed by atoms with Gasteiger partial charge >= 0.3 is 6.09 Å². The summed E-state index contributed by atoms with van der Waals surface area (Å²) < 4.78 is 23.8. The highest BCUT2D eigenvalue weighted by molar-refractivity contribution is 6.28. The van der Waals surface area contributed by atoms with E-state index in [1.165, 1.54) is 6.92 Å². The summed E-state index contributed by atoms with van der Waals surface area (Å²) in [5.74, 6) is -0.0137. The van der Waals surface area contributed by atoms with Gasteiger partial charge in [0.15, 0.2) is 0 Å². The summed E-state index contributed by atoms with van der Waals surface area (Å²) in [5, 5.41) is 0. The predicted octanol–water partition coefficient (Wildman–Crippen LogP) is 3.28. The van der Waals surface area contributed by atoms with Gasteiger partial charge in [-0.15, -0.1) is 0 Å². The van der Waals surface area contributed by atoms with Gasteiger partial charge in [-0.2, -0.15) is 4.42 Å². The summed E-state index contributed by atoms with van der Waals surface area (Å²) in [4.78, 5) is 23.5. The minimum absolute atomic E-state index is 0.0418. The molecule has 3 rings (SSSR count). The van der Waals surface area contributed by atoms with Gasteiger partial charge in [0.2, 0.25) is 5.91 Å². The van der Waals surface area contributed by atoms with Crippen LogP contribution in [0.5, 0.6) is 0 Å². The van der Waals surface area contributed by atoms with E-state index in [1.54, 1.807) is 7.11 Å². The lowest BCUT2D eigenvalue weighted by atomic mass is 9.68. The van der Waals surface area contributed by atoms with E-state index in [0.717, 1.165) is 19.3 Å². The van der Waals surface area contributed by atoms with Gasteiger partial charge in [-0.05, 0) is 38.5 Å². The second kappa shape index (κ2) is 7.50. The van der Waals surface area contributed by atoms with Crippen molar-refractivity contribution in [2.75, 3.05) is 13.7 Å². The van der Waals surface area contributed by atoms with Crippen LogP contribution in [-0.2, 0) is 23.7 Å². The molecule has 6 atom stereocenters. The zero-order valence-electron chi connectivity index (χ0n) is 16.7. The minimum Gasteiger partial charge on any atom is -0.442 e. The molecule has 0 bridgehead atoms. The van der Waals surface area contributed by atoms with Crippen molar-refractivity contribution in [1.29, 1.82) is 0 Å². The van der Waals surface area contributed by atoms with Crippen LogP contribution in [0.15, 0.2) is 0 Å². The van der Waals surface area contributed by atoms with Gasteiger partial charge in [-0.1, -0.05) is 13.8 Å². The lowest BCUT2D eigenvalue weighted by molar-refractivity contribution is -0.130. The summed E-state index contributed by atoms with van der Waals surface area (Å²) in [6.45, 7) is 8.38. The maximum absolute atomic E-state index is 12.1. The molecular formula is C19H30ClNO6. The molecule has 154 valence electrons. The van der Waals surface area contributed by atoms with E-state index in [2.05, 4.69) is 20.8 Å². The number of hydrogen-bond donors (Lipinski definition) is 0.